The molecule has 0 fully saturated rings. The van der Waals surface area contributed by atoms with Crippen molar-refractivity contribution in [1.29, 1.82) is 0 Å². The second kappa shape index (κ2) is 6.59. The SMILES string of the molecule is CCCOC(C)c1ccc(CCN)cc1. The van der Waals surface area contributed by atoms with Crippen molar-refractivity contribution in [2.45, 2.75) is 32.8 Å². The predicted molar refractivity (Wildman–Crippen MR) is 63.9 cm³/mol. The summed E-state index contributed by atoms with van der Waals surface area (Å²) < 4.78 is 5.65. The molecule has 2 nitrogen and oxygen atoms in total. The average molecular weight is 207 g/mol. The molecule has 0 saturated heterocycles. The number of hydrogen-bond donors (Lipinski definition) is 1. The molecule has 84 valence electrons. The summed E-state index contributed by atoms with van der Waals surface area (Å²) in [5.41, 5.74) is 8.03. The highest BCUT2D eigenvalue weighted by atomic mass is 16.5. The Morgan fingerprint density at radius 3 is 2.47 bits per heavy atom. The van der Waals surface area contributed by atoms with Crippen LogP contribution in [-0.4, -0.2) is 13.2 Å². The molecule has 1 aromatic carbocycles. The summed E-state index contributed by atoms with van der Waals surface area (Å²) in [6.45, 7) is 5.75. The van der Waals surface area contributed by atoms with Gasteiger partial charge in [0.15, 0.2) is 0 Å². The summed E-state index contributed by atoms with van der Waals surface area (Å²) in [5.74, 6) is 0. The van der Waals surface area contributed by atoms with Crippen molar-refractivity contribution in [3.05, 3.63) is 35.4 Å². The molecule has 0 heterocycles. The molecule has 2 N–H and O–H groups in total. The molecular formula is C13H21NO. The lowest BCUT2D eigenvalue weighted by Gasteiger charge is -2.13. The first kappa shape index (κ1) is 12.2. The second-order valence-corrected chi connectivity index (χ2v) is 3.79. The minimum atomic E-state index is 0.192. The van der Waals surface area contributed by atoms with E-state index in [1.807, 2.05) is 0 Å². The van der Waals surface area contributed by atoms with Gasteiger partial charge in [0.25, 0.3) is 0 Å². The van der Waals surface area contributed by atoms with Gasteiger partial charge in [-0.3, -0.25) is 0 Å². The highest BCUT2D eigenvalue weighted by Gasteiger charge is 2.04. The predicted octanol–water partition coefficient (Wildman–Crippen LogP) is 2.68. The molecule has 0 radical (unpaired) electrons. The van der Waals surface area contributed by atoms with E-state index in [0.717, 1.165) is 19.4 Å². The molecule has 0 aliphatic heterocycles. The van der Waals surface area contributed by atoms with E-state index in [4.69, 9.17) is 10.5 Å². The van der Waals surface area contributed by atoms with Crippen molar-refractivity contribution in [3.63, 3.8) is 0 Å². The van der Waals surface area contributed by atoms with Gasteiger partial charge in [-0.15, -0.1) is 0 Å². The highest BCUT2D eigenvalue weighted by Crippen LogP contribution is 2.17. The number of ether oxygens (including phenoxy) is 1. The summed E-state index contributed by atoms with van der Waals surface area (Å²) >= 11 is 0. The fraction of sp³-hybridized carbons (Fsp3) is 0.538. The standard InChI is InChI=1S/C13H21NO/c1-3-10-15-11(2)13-6-4-12(5-7-13)8-9-14/h4-7,11H,3,8-10,14H2,1-2H3. The van der Waals surface area contributed by atoms with E-state index in [9.17, 15) is 0 Å². The van der Waals surface area contributed by atoms with E-state index in [1.165, 1.54) is 11.1 Å². The van der Waals surface area contributed by atoms with Gasteiger partial charge in [-0.25, -0.2) is 0 Å². The largest absolute Gasteiger partial charge is 0.374 e. The molecule has 0 aliphatic rings. The lowest BCUT2D eigenvalue weighted by atomic mass is 10.1. The van der Waals surface area contributed by atoms with Crippen molar-refractivity contribution in [1.82, 2.24) is 0 Å². The topological polar surface area (TPSA) is 35.2 Å². The molecule has 1 atom stereocenters. The number of nitrogens with two attached hydrogens (primary N) is 1. The van der Waals surface area contributed by atoms with Gasteiger partial charge < -0.3 is 10.5 Å². The first-order valence-electron chi connectivity index (χ1n) is 5.68. The Labute approximate surface area is 92.4 Å². The van der Waals surface area contributed by atoms with Gasteiger partial charge >= 0.3 is 0 Å². The van der Waals surface area contributed by atoms with E-state index < -0.39 is 0 Å². The Bertz CT molecular complexity index is 268. The molecule has 2 heteroatoms. The molecule has 1 unspecified atom stereocenters. The van der Waals surface area contributed by atoms with Crippen molar-refractivity contribution in [2.24, 2.45) is 5.73 Å². The number of hydrogen-bond acceptors (Lipinski definition) is 2. The Kier molecular flexibility index (Phi) is 5.37. The Hall–Kier alpha value is -0.860. The maximum absolute atomic E-state index is 5.65. The summed E-state index contributed by atoms with van der Waals surface area (Å²) in [6.07, 6.45) is 2.21. The minimum absolute atomic E-state index is 0.192. The molecule has 0 amide bonds. The Morgan fingerprint density at radius 2 is 1.93 bits per heavy atom. The van der Waals surface area contributed by atoms with Gasteiger partial charge in [0.2, 0.25) is 0 Å². The van der Waals surface area contributed by atoms with Crippen LogP contribution < -0.4 is 5.73 Å². The summed E-state index contributed by atoms with van der Waals surface area (Å²) in [4.78, 5) is 0. The number of rotatable bonds is 6. The van der Waals surface area contributed by atoms with Crippen LogP contribution in [0.4, 0.5) is 0 Å². The molecular weight excluding hydrogens is 186 g/mol. The van der Waals surface area contributed by atoms with E-state index in [2.05, 4.69) is 38.1 Å². The van der Waals surface area contributed by atoms with Crippen LogP contribution in [-0.2, 0) is 11.2 Å². The maximum atomic E-state index is 5.65. The van der Waals surface area contributed by atoms with Crippen LogP contribution in [0.15, 0.2) is 24.3 Å². The van der Waals surface area contributed by atoms with E-state index >= 15 is 0 Å². The third-order valence-corrected chi connectivity index (χ3v) is 2.45. The molecule has 0 aliphatic carbocycles. The molecule has 0 saturated carbocycles. The zero-order valence-electron chi connectivity index (χ0n) is 9.70. The normalized spacial score (nSPS) is 12.7. The smallest absolute Gasteiger partial charge is 0.0796 e. The van der Waals surface area contributed by atoms with Crippen molar-refractivity contribution in [2.75, 3.05) is 13.2 Å². The van der Waals surface area contributed by atoms with E-state index in [0.29, 0.717) is 6.54 Å². The summed E-state index contributed by atoms with van der Waals surface area (Å²) in [7, 11) is 0. The van der Waals surface area contributed by atoms with Gasteiger partial charge in [0, 0.05) is 6.61 Å². The van der Waals surface area contributed by atoms with Crippen LogP contribution in [0.3, 0.4) is 0 Å². The highest BCUT2D eigenvalue weighted by molar-refractivity contribution is 5.24. The van der Waals surface area contributed by atoms with Gasteiger partial charge in [-0.05, 0) is 37.4 Å². The fourth-order valence-electron chi connectivity index (χ4n) is 1.51. The molecule has 15 heavy (non-hydrogen) atoms. The Morgan fingerprint density at radius 1 is 1.27 bits per heavy atom. The average Bonchev–Trinajstić information content (AvgIpc) is 2.27. The maximum Gasteiger partial charge on any atom is 0.0796 e. The van der Waals surface area contributed by atoms with Crippen LogP contribution >= 0.6 is 0 Å². The van der Waals surface area contributed by atoms with Crippen molar-refractivity contribution in [3.8, 4) is 0 Å². The molecule has 0 spiro atoms. The minimum Gasteiger partial charge on any atom is -0.374 e. The van der Waals surface area contributed by atoms with Crippen LogP contribution in [0.25, 0.3) is 0 Å². The second-order valence-electron chi connectivity index (χ2n) is 3.79. The first-order valence-corrected chi connectivity index (χ1v) is 5.68. The molecule has 1 rings (SSSR count). The lowest BCUT2D eigenvalue weighted by Crippen LogP contribution is -2.04. The van der Waals surface area contributed by atoms with Crippen LogP contribution in [0.1, 0.15) is 37.5 Å². The lowest BCUT2D eigenvalue weighted by molar-refractivity contribution is 0.0662. The van der Waals surface area contributed by atoms with Gasteiger partial charge in [0.05, 0.1) is 6.10 Å². The third-order valence-electron chi connectivity index (χ3n) is 2.45. The quantitative estimate of drug-likeness (QED) is 0.778. The zero-order chi connectivity index (χ0) is 11.1. The molecule has 0 aromatic heterocycles. The fourth-order valence-corrected chi connectivity index (χ4v) is 1.51. The van der Waals surface area contributed by atoms with Crippen molar-refractivity contribution >= 4 is 0 Å². The van der Waals surface area contributed by atoms with Crippen LogP contribution in [0.5, 0.6) is 0 Å². The number of benzene rings is 1. The Balaban J connectivity index is 2.54. The van der Waals surface area contributed by atoms with Gasteiger partial charge in [0.1, 0.15) is 0 Å². The van der Waals surface area contributed by atoms with E-state index in [1.54, 1.807) is 0 Å². The summed E-state index contributed by atoms with van der Waals surface area (Å²) in [5, 5.41) is 0. The van der Waals surface area contributed by atoms with Crippen LogP contribution in [0.2, 0.25) is 0 Å². The zero-order valence-corrected chi connectivity index (χ0v) is 9.70. The first-order chi connectivity index (χ1) is 7.27. The molecule has 1 aromatic rings. The van der Waals surface area contributed by atoms with Crippen LogP contribution in [0, 0.1) is 0 Å². The van der Waals surface area contributed by atoms with Gasteiger partial charge in [-0.1, -0.05) is 31.2 Å². The monoisotopic (exact) mass is 207 g/mol. The third kappa shape index (κ3) is 4.02. The summed E-state index contributed by atoms with van der Waals surface area (Å²) in [6, 6.07) is 8.53. The molecule has 0 bridgehead atoms. The van der Waals surface area contributed by atoms with E-state index in [-0.39, 0.29) is 6.10 Å². The van der Waals surface area contributed by atoms with Gasteiger partial charge in [-0.2, -0.15) is 0 Å². The van der Waals surface area contributed by atoms with Crippen molar-refractivity contribution < 1.29 is 4.74 Å².